The molecular weight excluding hydrogens is 681 g/mol. The van der Waals surface area contributed by atoms with Gasteiger partial charge in [0.15, 0.2) is 0 Å². The molecule has 0 bridgehead atoms. The Hall–Kier alpha value is -7.56. The number of fused-ring (bicyclic) bond motifs is 6. The van der Waals surface area contributed by atoms with E-state index in [0.717, 1.165) is 39.6 Å². The first kappa shape index (κ1) is 31.9. The quantitative estimate of drug-likeness (QED) is 0.157. The molecule has 56 heavy (non-hydrogen) atoms. The van der Waals surface area contributed by atoms with Gasteiger partial charge in [-0.05, 0) is 65.7 Å². The van der Waals surface area contributed by atoms with Gasteiger partial charge < -0.3 is 9.13 Å². The Balaban J connectivity index is 1.19. The van der Waals surface area contributed by atoms with Crippen molar-refractivity contribution >= 4 is 43.6 Å². The van der Waals surface area contributed by atoms with E-state index < -0.39 is 0 Å². The molecule has 11 rings (SSSR count). The van der Waals surface area contributed by atoms with Gasteiger partial charge in [-0.1, -0.05) is 133 Å². The smallest absolute Gasteiger partial charge is 0.210 e. The summed E-state index contributed by atoms with van der Waals surface area (Å²) in [6.07, 6.45) is 4.31. The fourth-order valence-corrected chi connectivity index (χ4v) is 8.38. The molecule has 0 unspecified atom stereocenters. The van der Waals surface area contributed by atoms with Crippen molar-refractivity contribution in [3.63, 3.8) is 0 Å². The molecule has 8 aromatic carbocycles. The van der Waals surface area contributed by atoms with Gasteiger partial charge in [0.25, 0.3) is 0 Å². The summed E-state index contributed by atoms with van der Waals surface area (Å²) >= 11 is 0. The van der Waals surface area contributed by atoms with Crippen LogP contribution in [0.15, 0.2) is 213 Å². The number of para-hydroxylation sites is 4. The normalized spacial score (nSPS) is 11.6. The third kappa shape index (κ3) is 5.31. The molecule has 0 aliphatic carbocycles. The first-order chi connectivity index (χ1) is 27.8. The summed E-state index contributed by atoms with van der Waals surface area (Å²) in [5.41, 5.74) is 14.1. The zero-order valence-electron chi connectivity index (χ0n) is 30.5. The van der Waals surface area contributed by atoms with Crippen molar-refractivity contribution in [1.82, 2.24) is 14.1 Å². The molecule has 0 atom stereocenters. The lowest BCUT2D eigenvalue weighted by molar-refractivity contribution is -0.595. The van der Waals surface area contributed by atoms with E-state index in [1.165, 1.54) is 54.7 Å². The summed E-state index contributed by atoms with van der Waals surface area (Å²) in [7, 11) is 0. The third-order valence-electron chi connectivity index (χ3n) is 11.0. The van der Waals surface area contributed by atoms with Crippen LogP contribution < -0.4 is 4.57 Å². The van der Waals surface area contributed by atoms with Crippen LogP contribution in [0.25, 0.3) is 94.3 Å². The van der Waals surface area contributed by atoms with Crippen LogP contribution in [0, 0.1) is 0 Å². The van der Waals surface area contributed by atoms with Crippen molar-refractivity contribution in [3.05, 3.63) is 213 Å². The van der Waals surface area contributed by atoms with E-state index >= 15 is 0 Å². The van der Waals surface area contributed by atoms with Gasteiger partial charge in [0.2, 0.25) is 18.1 Å². The van der Waals surface area contributed by atoms with Crippen molar-refractivity contribution < 1.29 is 4.57 Å². The van der Waals surface area contributed by atoms with Gasteiger partial charge in [-0.15, -0.1) is 0 Å². The van der Waals surface area contributed by atoms with E-state index in [1.807, 2.05) is 0 Å². The lowest BCUT2D eigenvalue weighted by Crippen LogP contribution is -2.31. The third-order valence-corrected chi connectivity index (χ3v) is 11.0. The highest BCUT2D eigenvalue weighted by Gasteiger charge is 2.20. The van der Waals surface area contributed by atoms with Crippen molar-refractivity contribution in [3.8, 4) is 50.7 Å². The molecular formula is C52H35N4+. The van der Waals surface area contributed by atoms with E-state index in [4.69, 9.17) is 4.98 Å². The number of rotatable bonds is 6. The summed E-state index contributed by atoms with van der Waals surface area (Å²) in [6.45, 7) is 0. The summed E-state index contributed by atoms with van der Waals surface area (Å²) in [5, 5.41) is 4.92. The highest BCUT2D eigenvalue weighted by Crippen LogP contribution is 2.37. The minimum atomic E-state index is 0.878. The van der Waals surface area contributed by atoms with Crippen LogP contribution in [-0.2, 0) is 0 Å². The van der Waals surface area contributed by atoms with Crippen molar-refractivity contribution in [2.24, 2.45) is 0 Å². The van der Waals surface area contributed by atoms with Crippen LogP contribution >= 0.6 is 0 Å². The number of aromatic nitrogens is 4. The standard InChI is InChI=1S/C52H35N4/c1-3-15-36(16-4-1)37-27-29-40(30-28-37)54-34-47(38-17-5-2-6-18-38)53-48(35-54)39-31-41(55-49-23-11-7-19-43(49)44-20-8-12-24-50(44)55)33-42(32-39)56-51-25-13-9-21-45(51)46-22-10-14-26-52(46)56/h1-35H/q+1. The second-order valence-electron chi connectivity index (χ2n) is 14.3. The van der Waals surface area contributed by atoms with Gasteiger partial charge in [0.05, 0.1) is 22.1 Å². The molecule has 0 aliphatic rings. The first-order valence-corrected chi connectivity index (χ1v) is 19.0. The van der Waals surface area contributed by atoms with E-state index in [2.05, 4.69) is 226 Å². The summed E-state index contributed by atoms with van der Waals surface area (Å²) < 4.78 is 7.03. The van der Waals surface area contributed by atoms with Crippen molar-refractivity contribution in [2.45, 2.75) is 0 Å². The lowest BCUT2D eigenvalue weighted by atomic mass is 10.1. The maximum absolute atomic E-state index is 5.42. The number of hydrogen-bond acceptors (Lipinski definition) is 1. The van der Waals surface area contributed by atoms with Crippen LogP contribution in [0.5, 0.6) is 0 Å². The number of hydrogen-bond donors (Lipinski definition) is 0. The van der Waals surface area contributed by atoms with Crippen LogP contribution in [0.1, 0.15) is 0 Å². The Morgan fingerprint density at radius 3 is 1.16 bits per heavy atom. The number of nitrogens with zero attached hydrogens (tertiary/aromatic N) is 4. The predicted molar refractivity (Wildman–Crippen MR) is 231 cm³/mol. The van der Waals surface area contributed by atoms with Gasteiger partial charge in [0.1, 0.15) is 11.4 Å². The Labute approximate surface area is 324 Å². The highest BCUT2D eigenvalue weighted by molar-refractivity contribution is 6.10. The minimum absolute atomic E-state index is 0.878. The molecule has 4 nitrogen and oxygen atoms in total. The maximum atomic E-state index is 5.42. The van der Waals surface area contributed by atoms with E-state index in [-0.39, 0.29) is 0 Å². The second kappa shape index (κ2) is 13.1. The van der Waals surface area contributed by atoms with Crippen molar-refractivity contribution in [1.29, 1.82) is 0 Å². The lowest BCUT2D eigenvalue weighted by Gasteiger charge is -2.15. The molecule has 0 amide bonds. The van der Waals surface area contributed by atoms with Gasteiger partial charge in [0, 0.05) is 56.2 Å². The molecule has 11 aromatic rings. The molecule has 0 radical (unpaired) electrons. The summed E-state index contributed by atoms with van der Waals surface area (Å²) in [5.74, 6) is 0. The molecule has 262 valence electrons. The molecule has 0 aliphatic heterocycles. The fourth-order valence-electron chi connectivity index (χ4n) is 8.38. The Morgan fingerprint density at radius 1 is 0.321 bits per heavy atom. The molecule has 0 saturated heterocycles. The topological polar surface area (TPSA) is 26.6 Å². The van der Waals surface area contributed by atoms with Gasteiger partial charge >= 0.3 is 0 Å². The van der Waals surface area contributed by atoms with Crippen molar-refractivity contribution in [2.75, 3.05) is 0 Å². The Kier molecular flexibility index (Phi) is 7.46. The summed E-state index contributed by atoms with van der Waals surface area (Å²) in [4.78, 5) is 5.42. The molecule has 0 spiro atoms. The largest absolute Gasteiger partial charge is 0.309 e. The van der Waals surface area contributed by atoms with E-state index in [0.29, 0.717) is 0 Å². The molecule has 3 aromatic heterocycles. The van der Waals surface area contributed by atoms with Gasteiger partial charge in [-0.3, -0.25) is 0 Å². The Morgan fingerprint density at radius 2 is 0.696 bits per heavy atom. The van der Waals surface area contributed by atoms with E-state index in [9.17, 15) is 0 Å². The fraction of sp³-hybridized carbons (Fsp3) is 0. The zero-order valence-corrected chi connectivity index (χ0v) is 30.5. The van der Waals surface area contributed by atoms with Gasteiger partial charge in [-0.2, -0.15) is 4.57 Å². The monoisotopic (exact) mass is 715 g/mol. The SMILES string of the molecule is c1ccc(-c2ccc(-[n+]3cc(-c4ccccc4)nc(-c4cc(-n5c6ccccc6c6ccccc65)cc(-n5c6ccccc6c6ccccc65)c4)c3)cc2)cc1. The molecule has 0 saturated carbocycles. The van der Waals surface area contributed by atoms with Crippen LogP contribution in [0.4, 0.5) is 0 Å². The van der Waals surface area contributed by atoms with Crippen LogP contribution in [0.2, 0.25) is 0 Å². The summed E-state index contributed by atoms with van der Waals surface area (Å²) in [6, 6.07) is 71.6. The first-order valence-electron chi connectivity index (χ1n) is 19.0. The number of benzene rings is 8. The highest BCUT2D eigenvalue weighted by atomic mass is 15.0. The average molecular weight is 716 g/mol. The molecule has 3 heterocycles. The Bertz CT molecular complexity index is 2990. The molecule has 0 N–H and O–H groups in total. The van der Waals surface area contributed by atoms with Crippen LogP contribution in [0.3, 0.4) is 0 Å². The predicted octanol–water partition coefficient (Wildman–Crippen LogP) is 12.6. The van der Waals surface area contributed by atoms with E-state index in [1.54, 1.807) is 0 Å². The second-order valence-corrected chi connectivity index (χ2v) is 14.3. The molecule has 4 heteroatoms. The van der Waals surface area contributed by atoms with Crippen LogP contribution in [-0.4, -0.2) is 14.1 Å². The zero-order chi connectivity index (χ0) is 37.0. The average Bonchev–Trinajstić information content (AvgIpc) is 3.80. The molecule has 0 fully saturated rings. The minimum Gasteiger partial charge on any atom is -0.309 e. The van der Waals surface area contributed by atoms with Gasteiger partial charge in [-0.25, -0.2) is 4.98 Å². The maximum Gasteiger partial charge on any atom is 0.210 e.